The maximum atomic E-state index is 10.9. The Hall–Kier alpha value is -7.32. The van der Waals surface area contributed by atoms with E-state index in [0.29, 0.717) is 56.1 Å². The molecule has 7 aromatic rings. The first-order valence-corrected chi connectivity index (χ1v) is 23.5. The zero-order valence-corrected chi connectivity index (χ0v) is 38.3. The van der Waals surface area contributed by atoms with Gasteiger partial charge in [-0.2, -0.15) is 0 Å². The molecule has 8 bridgehead atoms. The number of rotatable bonds is 10. The van der Waals surface area contributed by atoms with Gasteiger partial charge >= 0.3 is 0 Å². The summed E-state index contributed by atoms with van der Waals surface area (Å²) in [6, 6.07) is 42.1. The highest BCUT2D eigenvalue weighted by Gasteiger charge is 2.46. The van der Waals surface area contributed by atoms with Crippen molar-refractivity contribution in [2.24, 2.45) is 0 Å². The van der Waals surface area contributed by atoms with Crippen molar-refractivity contribution >= 4 is 46.4 Å². The zero-order valence-electron chi connectivity index (χ0n) is 38.3. The van der Waals surface area contributed by atoms with E-state index < -0.39 is 74.6 Å². The average molecular weight is 971 g/mol. The van der Waals surface area contributed by atoms with E-state index in [9.17, 15) is 40.9 Å². The van der Waals surface area contributed by atoms with Crippen molar-refractivity contribution in [3.8, 4) is 56.0 Å². The van der Waals surface area contributed by atoms with E-state index in [-0.39, 0.29) is 11.5 Å². The molecule has 0 amide bonds. The van der Waals surface area contributed by atoms with Gasteiger partial charge in [0.25, 0.3) is 0 Å². The lowest BCUT2D eigenvalue weighted by Crippen LogP contribution is -2.60. The molecule has 4 aliphatic heterocycles. The number of ether oxygens (including phenoxy) is 4. The van der Waals surface area contributed by atoms with Gasteiger partial charge in [-0.15, -0.1) is 0 Å². The number of nitrogens with one attached hydrogen (secondary N) is 2. The fourth-order valence-corrected chi connectivity index (χ4v) is 9.68. The number of H-pyrrole nitrogens is 2. The van der Waals surface area contributed by atoms with Crippen molar-refractivity contribution in [3.63, 3.8) is 0 Å². The topological polar surface area (TPSA) is 256 Å². The molecule has 16 heteroatoms. The van der Waals surface area contributed by atoms with Gasteiger partial charge in [-0.1, -0.05) is 84.9 Å². The van der Waals surface area contributed by atoms with Gasteiger partial charge in [-0.3, -0.25) is 0 Å². The summed E-state index contributed by atoms with van der Waals surface area (Å²) < 4.78 is 23.7. The van der Waals surface area contributed by atoms with Crippen LogP contribution in [0.1, 0.15) is 22.8 Å². The van der Waals surface area contributed by atoms with E-state index in [2.05, 4.69) is 9.97 Å². The minimum absolute atomic E-state index is 0.286. The summed E-state index contributed by atoms with van der Waals surface area (Å²) in [6.07, 6.45) is -6.81. The van der Waals surface area contributed by atoms with E-state index in [0.717, 1.165) is 33.3 Å². The molecule has 0 spiro atoms. The Kier molecular flexibility index (Phi) is 12.9. The molecule has 11 rings (SSSR count). The summed E-state index contributed by atoms with van der Waals surface area (Å²) >= 11 is 0. The highest BCUT2D eigenvalue weighted by atomic mass is 16.7. The van der Waals surface area contributed by atoms with Crippen molar-refractivity contribution < 1.29 is 59.8 Å². The molecule has 2 saturated heterocycles. The minimum Gasteiger partial charge on any atom is -0.462 e. The molecule has 0 radical (unpaired) electrons. The second kappa shape index (κ2) is 19.7. The fraction of sp³-hybridized carbons (Fsp3) is 0.214. The van der Waals surface area contributed by atoms with Gasteiger partial charge in [0.15, 0.2) is 0 Å². The third-order valence-corrected chi connectivity index (χ3v) is 13.3. The largest absolute Gasteiger partial charge is 0.462 e. The first kappa shape index (κ1) is 47.0. The van der Waals surface area contributed by atoms with Gasteiger partial charge in [0.05, 0.1) is 36.0 Å². The third-order valence-electron chi connectivity index (χ3n) is 13.3. The monoisotopic (exact) mass is 970 g/mol. The van der Waals surface area contributed by atoms with Crippen molar-refractivity contribution in [1.82, 2.24) is 19.9 Å². The van der Waals surface area contributed by atoms with Gasteiger partial charge in [0, 0.05) is 44.3 Å². The van der Waals surface area contributed by atoms with Crippen molar-refractivity contribution in [2.45, 2.75) is 61.4 Å². The van der Waals surface area contributed by atoms with Gasteiger partial charge in [-0.05, 0) is 95.1 Å². The molecule has 10 N–H and O–H groups in total. The van der Waals surface area contributed by atoms with Crippen LogP contribution in [0.3, 0.4) is 0 Å². The molecular weight excluding hydrogens is 921 g/mol. The van der Waals surface area contributed by atoms with E-state index in [1.165, 1.54) is 0 Å². The number of aromatic amines is 2. The third kappa shape index (κ3) is 8.79. The van der Waals surface area contributed by atoms with Crippen LogP contribution in [-0.4, -0.2) is 135 Å². The van der Waals surface area contributed by atoms with Crippen molar-refractivity contribution in [2.75, 3.05) is 13.2 Å². The first-order chi connectivity index (χ1) is 35.1. The normalized spacial score (nSPS) is 24.8. The van der Waals surface area contributed by atoms with Crippen LogP contribution in [-0.2, 0) is 9.47 Å². The predicted octanol–water partition coefficient (Wildman–Crippen LogP) is 5.68. The summed E-state index contributed by atoms with van der Waals surface area (Å²) in [5.74, 6) is 0.571. The number of aliphatic hydroxyl groups is 8. The second-order valence-electron chi connectivity index (χ2n) is 17.9. The number of hydrogen-bond donors (Lipinski definition) is 10. The average Bonchev–Trinajstić information content (AvgIpc) is 4.26. The van der Waals surface area contributed by atoms with E-state index >= 15 is 0 Å². The summed E-state index contributed by atoms with van der Waals surface area (Å²) in [4.78, 5) is 18.1. The molecular formula is C56H50N4O12. The van der Waals surface area contributed by atoms with Crippen molar-refractivity contribution in [1.29, 1.82) is 0 Å². The maximum Gasteiger partial charge on any atom is 0.229 e. The number of aromatic nitrogens is 4. The molecule has 16 nitrogen and oxygen atoms in total. The minimum atomic E-state index is -1.62. The van der Waals surface area contributed by atoms with Crippen LogP contribution in [0.25, 0.3) is 90.9 Å². The highest BCUT2D eigenvalue weighted by Crippen LogP contribution is 2.40. The quantitative estimate of drug-likeness (QED) is 0.0792. The Morgan fingerprint density at radius 3 is 1.07 bits per heavy atom. The molecule has 10 unspecified atom stereocenters. The van der Waals surface area contributed by atoms with Crippen LogP contribution in [0.15, 0.2) is 133 Å². The highest BCUT2D eigenvalue weighted by molar-refractivity contribution is 6.00. The molecule has 4 aromatic carbocycles. The summed E-state index contributed by atoms with van der Waals surface area (Å²) in [5, 5.41) is 83.3. The maximum absolute atomic E-state index is 10.9. The first-order valence-electron chi connectivity index (χ1n) is 23.5. The van der Waals surface area contributed by atoms with E-state index in [1.807, 2.05) is 121 Å². The van der Waals surface area contributed by atoms with Gasteiger partial charge in [0.1, 0.15) is 60.3 Å². The predicted molar refractivity (Wildman–Crippen MR) is 269 cm³/mol. The van der Waals surface area contributed by atoms with E-state index in [4.69, 9.17) is 28.9 Å². The standard InChI is InChI=1S/C56H50N4O12/c61-27-43-49(63)51(65)53(67)55(71-43)69-33-15-7-13-31(25-33)47-39-21-17-35(57-39)45(29-9-3-1-4-10-29)36-18-22-40(58-36)48(32-14-8-16-34(26-32)70-56-54(68)52(66)50(64)44(28-62)72-56)42-24-20-38(60-42)46(30-11-5-2-6-12-30)37-19-23-41(47)59-37/h1-26,43-44,49-57,60-68H,27-28H2. The summed E-state index contributed by atoms with van der Waals surface area (Å²) in [6.45, 7) is -1.20. The van der Waals surface area contributed by atoms with Crippen LogP contribution >= 0.6 is 0 Å². The molecule has 0 saturated carbocycles. The second-order valence-corrected chi connectivity index (χ2v) is 17.9. The summed E-state index contributed by atoms with van der Waals surface area (Å²) in [5.41, 5.74) is 11.7. The lowest BCUT2D eigenvalue weighted by Gasteiger charge is -2.39. The number of hydrogen-bond acceptors (Lipinski definition) is 14. The fourth-order valence-electron chi connectivity index (χ4n) is 9.68. The van der Waals surface area contributed by atoms with E-state index in [1.54, 1.807) is 36.4 Å². The van der Waals surface area contributed by atoms with Gasteiger partial charge in [0.2, 0.25) is 12.6 Å². The molecule has 0 aliphatic carbocycles. The smallest absolute Gasteiger partial charge is 0.229 e. The van der Waals surface area contributed by atoms with Crippen molar-refractivity contribution in [3.05, 3.63) is 156 Å². The molecule has 3 aromatic heterocycles. The SMILES string of the molecule is OCC1OC(Oc2cccc(-c3c4nc(c(-c5ccccc5)c5ccc([nH]5)c(-c5cccc(OC6OC(CO)C(O)C(O)C6O)c5)c5nc(c(-c6ccccc6)c6ccc3[nH]6)C=C5)C=C4)c2)C(O)C(O)C1O. The Balaban J connectivity index is 1.13. The Morgan fingerprint density at radius 1 is 0.389 bits per heavy atom. The summed E-state index contributed by atoms with van der Waals surface area (Å²) in [7, 11) is 0. The van der Waals surface area contributed by atoms with Gasteiger partial charge in [-0.25, -0.2) is 9.97 Å². The number of aliphatic hydroxyl groups excluding tert-OH is 8. The zero-order chi connectivity index (χ0) is 49.6. The molecule has 366 valence electrons. The number of fused-ring (bicyclic) bond motifs is 8. The van der Waals surface area contributed by atoms with Crippen LogP contribution in [0.5, 0.6) is 11.5 Å². The molecule has 72 heavy (non-hydrogen) atoms. The van der Waals surface area contributed by atoms with Crippen LogP contribution in [0.2, 0.25) is 0 Å². The number of nitrogens with zero attached hydrogens (tertiary/aromatic N) is 2. The van der Waals surface area contributed by atoms with Gasteiger partial charge < -0.3 is 69.8 Å². The number of benzene rings is 4. The Bertz CT molecular complexity index is 3130. The lowest BCUT2D eigenvalue weighted by molar-refractivity contribution is -0.277. The molecule has 10 atom stereocenters. The Morgan fingerprint density at radius 2 is 0.722 bits per heavy atom. The van der Waals surface area contributed by atoms with Crippen LogP contribution in [0, 0.1) is 0 Å². The Labute approximate surface area is 411 Å². The molecule has 4 aliphatic rings. The van der Waals surface area contributed by atoms with Crippen LogP contribution < -0.4 is 9.47 Å². The molecule has 2 fully saturated rings. The van der Waals surface area contributed by atoms with Crippen LogP contribution in [0.4, 0.5) is 0 Å². The lowest BCUT2D eigenvalue weighted by atomic mass is 9.99. The molecule has 7 heterocycles.